The SMILES string of the molecule is CCCCOc1ccc(C=C(C)C(=O)c2c(O)cc(C(C)CCC=CNC(=O)O)oc2=O)c(C)c1. The van der Waals surface area contributed by atoms with Crippen molar-refractivity contribution >= 4 is 18.0 Å². The lowest BCUT2D eigenvalue weighted by atomic mass is 9.98. The van der Waals surface area contributed by atoms with Crippen LogP contribution in [0, 0.1) is 6.92 Å². The van der Waals surface area contributed by atoms with Crippen molar-refractivity contribution in [2.75, 3.05) is 6.61 Å². The van der Waals surface area contributed by atoms with Crippen LogP contribution in [0.15, 0.2) is 51.3 Å². The Morgan fingerprint density at radius 1 is 1.26 bits per heavy atom. The Morgan fingerprint density at radius 3 is 2.63 bits per heavy atom. The molecule has 1 aromatic carbocycles. The average Bonchev–Trinajstić information content (AvgIpc) is 2.79. The first-order chi connectivity index (χ1) is 16.6. The molecule has 0 bridgehead atoms. The lowest BCUT2D eigenvalue weighted by Crippen LogP contribution is -2.16. The standard InChI is InChI=1S/C27H33NO7/c1-5-6-13-34-21-11-10-20(18(3)15-21)14-19(4)25(30)24-22(29)16-23(35-26(24)31)17(2)9-7-8-12-28-27(32)33/h8,10-12,14-17,28-29H,5-7,9,13H2,1-4H3,(H,32,33). The Kier molecular flexibility index (Phi) is 10.3. The molecule has 0 aliphatic rings. The Balaban J connectivity index is 2.15. The fourth-order valence-corrected chi connectivity index (χ4v) is 3.38. The van der Waals surface area contributed by atoms with Crippen LogP contribution in [0.4, 0.5) is 4.79 Å². The highest BCUT2D eigenvalue weighted by Gasteiger charge is 2.22. The van der Waals surface area contributed by atoms with E-state index in [0.29, 0.717) is 19.4 Å². The number of carbonyl (C=O) groups is 2. The van der Waals surface area contributed by atoms with Gasteiger partial charge in [-0.2, -0.15) is 0 Å². The molecule has 1 amide bonds. The largest absolute Gasteiger partial charge is 0.507 e. The second-order valence-corrected chi connectivity index (χ2v) is 8.40. The zero-order valence-corrected chi connectivity index (χ0v) is 20.6. The van der Waals surface area contributed by atoms with Crippen LogP contribution in [0.1, 0.15) is 79.6 Å². The molecular weight excluding hydrogens is 450 g/mol. The van der Waals surface area contributed by atoms with E-state index in [1.165, 1.54) is 12.3 Å². The van der Waals surface area contributed by atoms with Crippen molar-refractivity contribution in [3.8, 4) is 11.5 Å². The maximum Gasteiger partial charge on any atom is 0.408 e. The number of hydrogen-bond donors (Lipinski definition) is 3. The average molecular weight is 484 g/mol. The molecule has 1 unspecified atom stereocenters. The van der Waals surface area contributed by atoms with Crippen molar-refractivity contribution in [2.24, 2.45) is 0 Å². The van der Waals surface area contributed by atoms with Crippen molar-refractivity contribution < 1.29 is 29.0 Å². The second kappa shape index (κ2) is 13.2. The van der Waals surface area contributed by atoms with Crippen LogP contribution >= 0.6 is 0 Å². The van der Waals surface area contributed by atoms with E-state index in [-0.39, 0.29) is 17.3 Å². The number of Topliss-reactive ketones (excluding diaryl/α,β-unsaturated/α-hetero) is 1. The highest BCUT2D eigenvalue weighted by molar-refractivity contribution is 6.12. The van der Waals surface area contributed by atoms with Crippen molar-refractivity contribution in [1.29, 1.82) is 0 Å². The molecule has 2 aromatic rings. The first-order valence-corrected chi connectivity index (χ1v) is 11.6. The van der Waals surface area contributed by atoms with E-state index in [0.717, 1.165) is 29.7 Å². The van der Waals surface area contributed by atoms with Crippen molar-refractivity contribution in [1.82, 2.24) is 5.32 Å². The molecule has 8 nitrogen and oxygen atoms in total. The molecule has 1 atom stereocenters. The monoisotopic (exact) mass is 483 g/mol. The van der Waals surface area contributed by atoms with Crippen molar-refractivity contribution in [3.63, 3.8) is 0 Å². The smallest absolute Gasteiger partial charge is 0.408 e. The van der Waals surface area contributed by atoms with Gasteiger partial charge in [0.1, 0.15) is 22.8 Å². The van der Waals surface area contributed by atoms with Crippen LogP contribution in [0.2, 0.25) is 0 Å². The van der Waals surface area contributed by atoms with E-state index < -0.39 is 28.8 Å². The zero-order chi connectivity index (χ0) is 26.0. The van der Waals surface area contributed by atoms with E-state index in [1.807, 2.05) is 25.1 Å². The van der Waals surface area contributed by atoms with Crippen LogP contribution in [0.5, 0.6) is 11.5 Å². The van der Waals surface area contributed by atoms with E-state index >= 15 is 0 Å². The van der Waals surface area contributed by atoms with Crippen LogP contribution in [0.25, 0.3) is 6.08 Å². The molecule has 0 spiro atoms. The fraction of sp³-hybridized carbons (Fsp3) is 0.370. The molecule has 3 N–H and O–H groups in total. The number of aromatic hydroxyl groups is 1. The molecule has 1 heterocycles. The molecule has 0 saturated carbocycles. The molecule has 35 heavy (non-hydrogen) atoms. The number of ether oxygens (including phenoxy) is 1. The van der Waals surface area contributed by atoms with Crippen LogP contribution in [-0.4, -0.2) is 28.7 Å². The van der Waals surface area contributed by atoms with Gasteiger partial charge in [0.05, 0.1) is 6.61 Å². The van der Waals surface area contributed by atoms with Gasteiger partial charge in [-0.1, -0.05) is 32.4 Å². The third-order valence-electron chi connectivity index (χ3n) is 5.49. The third-order valence-corrected chi connectivity index (χ3v) is 5.49. The maximum absolute atomic E-state index is 12.9. The number of ketones is 1. The van der Waals surface area contributed by atoms with E-state index in [2.05, 4.69) is 12.2 Å². The van der Waals surface area contributed by atoms with Gasteiger partial charge >= 0.3 is 11.7 Å². The normalized spacial score (nSPS) is 12.5. The molecule has 8 heteroatoms. The summed E-state index contributed by atoms with van der Waals surface area (Å²) in [6, 6.07) is 6.87. The van der Waals surface area contributed by atoms with Gasteiger partial charge in [-0.3, -0.25) is 10.1 Å². The quantitative estimate of drug-likeness (QED) is 0.198. The van der Waals surface area contributed by atoms with Gasteiger partial charge in [-0.15, -0.1) is 0 Å². The van der Waals surface area contributed by atoms with Crippen LogP contribution < -0.4 is 15.7 Å². The van der Waals surface area contributed by atoms with E-state index in [1.54, 1.807) is 26.0 Å². The minimum atomic E-state index is -1.15. The Bertz CT molecular complexity index is 1160. The summed E-state index contributed by atoms with van der Waals surface area (Å²) in [7, 11) is 0. The predicted molar refractivity (Wildman–Crippen MR) is 134 cm³/mol. The summed E-state index contributed by atoms with van der Waals surface area (Å²) in [6.45, 7) is 8.04. The summed E-state index contributed by atoms with van der Waals surface area (Å²) in [5.41, 5.74) is 0.700. The van der Waals surface area contributed by atoms with E-state index in [9.17, 15) is 19.5 Å². The summed E-state index contributed by atoms with van der Waals surface area (Å²) in [5.74, 6) is -0.265. The summed E-state index contributed by atoms with van der Waals surface area (Å²) in [6.07, 6.45) is 6.55. The molecule has 1 aromatic heterocycles. The summed E-state index contributed by atoms with van der Waals surface area (Å²) >= 11 is 0. The molecular formula is C27H33NO7. The number of nitrogens with one attached hydrogen (secondary N) is 1. The number of carboxylic acid groups (broad SMARTS) is 1. The Labute approximate surface area is 204 Å². The molecule has 188 valence electrons. The molecule has 2 rings (SSSR count). The third kappa shape index (κ3) is 8.17. The summed E-state index contributed by atoms with van der Waals surface area (Å²) in [5, 5.41) is 21.1. The van der Waals surface area contributed by atoms with Gasteiger partial charge in [0.2, 0.25) is 0 Å². The van der Waals surface area contributed by atoms with Crippen molar-refractivity contribution in [3.05, 3.63) is 75.0 Å². The fourth-order valence-electron chi connectivity index (χ4n) is 3.38. The molecule has 0 aliphatic heterocycles. The van der Waals surface area contributed by atoms with Gasteiger partial charge in [0.15, 0.2) is 5.78 Å². The highest BCUT2D eigenvalue weighted by atomic mass is 16.5. The van der Waals surface area contributed by atoms with Gasteiger partial charge in [-0.25, -0.2) is 9.59 Å². The number of aryl methyl sites for hydroxylation is 1. The van der Waals surface area contributed by atoms with Gasteiger partial charge < -0.3 is 19.4 Å². The first kappa shape index (κ1) is 27.4. The van der Waals surface area contributed by atoms with Gasteiger partial charge in [0, 0.05) is 18.2 Å². The van der Waals surface area contributed by atoms with Crippen molar-refractivity contribution in [2.45, 2.75) is 59.3 Å². The summed E-state index contributed by atoms with van der Waals surface area (Å²) in [4.78, 5) is 35.9. The molecule has 0 radical (unpaired) electrons. The van der Waals surface area contributed by atoms with Crippen LogP contribution in [0.3, 0.4) is 0 Å². The van der Waals surface area contributed by atoms with E-state index in [4.69, 9.17) is 14.3 Å². The summed E-state index contributed by atoms with van der Waals surface area (Å²) < 4.78 is 11.0. The minimum Gasteiger partial charge on any atom is -0.507 e. The number of hydrogen-bond acceptors (Lipinski definition) is 6. The number of allylic oxidation sites excluding steroid dienone is 2. The topological polar surface area (TPSA) is 126 Å². The number of benzene rings is 1. The number of amides is 1. The predicted octanol–water partition coefficient (Wildman–Crippen LogP) is 5.78. The van der Waals surface area contributed by atoms with Gasteiger partial charge in [0.25, 0.3) is 0 Å². The number of unbranched alkanes of at least 4 members (excludes halogenated alkanes) is 1. The molecule has 0 aliphatic carbocycles. The zero-order valence-electron chi connectivity index (χ0n) is 20.6. The Morgan fingerprint density at radius 2 is 2.00 bits per heavy atom. The Hall–Kier alpha value is -3.81. The highest BCUT2D eigenvalue weighted by Crippen LogP contribution is 2.27. The number of carbonyl (C=O) groups excluding carboxylic acids is 1. The lowest BCUT2D eigenvalue weighted by molar-refractivity contribution is 0.102. The maximum atomic E-state index is 12.9. The first-order valence-electron chi connectivity index (χ1n) is 11.6. The number of rotatable bonds is 12. The molecule has 0 saturated heterocycles. The van der Waals surface area contributed by atoms with Crippen LogP contribution in [-0.2, 0) is 0 Å². The second-order valence-electron chi connectivity index (χ2n) is 8.40. The minimum absolute atomic E-state index is 0.232. The molecule has 0 fully saturated rings. The lowest BCUT2D eigenvalue weighted by Gasteiger charge is -2.11. The van der Waals surface area contributed by atoms with Gasteiger partial charge in [-0.05, 0) is 68.0 Å².